The molecule has 1 fully saturated rings. The molecule has 0 unspecified atom stereocenters. The van der Waals surface area contributed by atoms with Crippen LogP contribution in [0.15, 0.2) is 9.63 Å². The third kappa shape index (κ3) is 3.74. The van der Waals surface area contributed by atoms with Crippen LogP contribution in [-0.4, -0.2) is 42.7 Å². The molecular formula is C10H17BrN4O3S. The van der Waals surface area contributed by atoms with Crippen molar-refractivity contribution < 1.29 is 13.2 Å². The van der Waals surface area contributed by atoms with Crippen molar-refractivity contribution in [2.24, 2.45) is 7.05 Å². The van der Waals surface area contributed by atoms with Crippen LogP contribution in [0.2, 0.25) is 0 Å². The van der Waals surface area contributed by atoms with Crippen LogP contribution in [0.25, 0.3) is 0 Å². The lowest BCUT2D eigenvalue weighted by atomic mass is 10.3. The van der Waals surface area contributed by atoms with Crippen LogP contribution >= 0.6 is 15.9 Å². The number of hydrogen-bond donors (Lipinski definition) is 1. The van der Waals surface area contributed by atoms with Gasteiger partial charge in [-0.05, 0) is 28.8 Å². The van der Waals surface area contributed by atoms with Crippen LogP contribution in [0.5, 0.6) is 0 Å². The smallest absolute Gasteiger partial charge is 0.260 e. The number of nitrogens with zero attached hydrogens (tertiary/aromatic N) is 3. The van der Waals surface area contributed by atoms with Gasteiger partial charge in [0.2, 0.25) is 5.03 Å². The monoisotopic (exact) mass is 352 g/mol. The first-order valence-electron chi connectivity index (χ1n) is 6.17. The molecule has 108 valence electrons. The fourth-order valence-electron chi connectivity index (χ4n) is 2.13. The molecule has 0 spiro atoms. The third-order valence-corrected chi connectivity index (χ3v) is 5.39. The minimum absolute atomic E-state index is 0.0216. The Balaban J connectivity index is 1.84. The van der Waals surface area contributed by atoms with E-state index in [9.17, 15) is 8.42 Å². The van der Waals surface area contributed by atoms with Crippen LogP contribution in [0.4, 0.5) is 0 Å². The average molecular weight is 353 g/mol. The molecule has 9 heteroatoms. The van der Waals surface area contributed by atoms with Crippen molar-refractivity contribution >= 4 is 26.0 Å². The summed E-state index contributed by atoms with van der Waals surface area (Å²) in [6, 6.07) is 0. The molecule has 1 heterocycles. The zero-order valence-electron chi connectivity index (χ0n) is 10.7. The highest BCUT2D eigenvalue weighted by molar-refractivity contribution is 9.10. The second kappa shape index (κ2) is 6.29. The molecule has 19 heavy (non-hydrogen) atoms. The Hall–Kier alpha value is -0.510. The topological polar surface area (TPSA) is 86.1 Å². The molecule has 1 N–H and O–H groups in total. The maximum atomic E-state index is 12.0. The van der Waals surface area contributed by atoms with Crippen molar-refractivity contribution in [3.63, 3.8) is 0 Å². The van der Waals surface area contributed by atoms with Gasteiger partial charge in [-0.3, -0.25) is 0 Å². The Bertz CT molecular complexity index is 505. The molecule has 1 aliphatic carbocycles. The molecule has 0 bridgehead atoms. The number of halogens is 1. The lowest BCUT2D eigenvalue weighted by molar-refractivity contribution is 0.0626. The number of hydrogen-bond acceptors (Lipinski definition) is 5. The Morgan fingerprint density at radius 1 is 1.47 bits per heavy atom. The summed E-state index contributed by atoms with van der Waals surface area (Å²) in [5.74, 6) is 0. The van der Waals surface area contributed by atoms with Gasteiger partial charge in [-0.2, -0.15) is 0 Å². The van der Waals surface area contributed by atoms with E-state index in [2.05, 4.69) is 31.0 Å². The highest BCUT2D eigenvalue weighted by Crippen LogP contribution is 2.20. The van der Waals surface area contributed by atoms with Crippen molar-refractivity contribution in [1.82, 2.24) is 19.7 Å². The summed E-state index contributed by atoms with van der Waals surface area (Å²) < 4.78 is 33.6. The largest absolute Gasteiger partial charge is 0.377 e. The van der Waals surface area contributed by atoms with E-state index < -0.39 is 10.0 Å². The first-order valence-corrected chi connectivity index (χ1v) is 8.45. The number of ether oxygens (including phenoxy) is 1. The van der Waals surface area contributed by atoms with Gasteiger partial charge in [0, 0.05) is 13.6 Å². The van der Waals surface area contributed by atoms with Gasteiger partial charge in [0.05, 0.1) is 12.7 Å². The lowest BCUT2D eigenvalue weighted by Crippen LogP contribution is -2.30. The van der Waals surface area contributed by atoms with Gasteiger partial charge in [0.15, 0.2) is 4.60 Å². The average Bonchev–Trinajstić information content (AvgIpc) is 2.95. The van der Waals surface area contributed by atoms with Gasteiger partial charge >= 0.3 is 0 Å². The van der Waals surface area contributed by atoms with Gasteiger partial charge in [-0.15, -0.1) is 5.10 Å². The number of aryl methyl sites for hydroxylation is 1. The minimum Gasteiger partial charge on any atom is -0.377 e. The van der Waals surface area contributed by atoms with E-state index in [0.29, 0.717) is 6.61 Å². The lowest BCUT2D eigenvalue weighted by Gasteiger charge is -2.11. The van der Waals surface area contributed by atoms with Gasteiger partial charge in [0.25, 0.3) is 10.0 Å². The van der Waals surface area contributed by atoms with E-state index >= 15 is 0 Å². The maximum absolute atomic E-state index is 12.0. The summed E-state index contributed by atoms with van der Waals surface area (Å²) in [6.07, 6.45) is 4.83. The number of rotatable bonds is 6. The molecule has 0 amide bonds. The van der Waals surface area contributed by atoms with Crippen molar-refractivity contribution in [2.45, 2.75) is 36.8 Å². The van der Waals surface area contributed by atoms with Crippen LogP contribution in [0.1, 0.15) is 25.7 Å². The molecule has 7 nitrogen and oxygen atoms in total. The number of sulfonamides is 1. The molecule has 0 saturated heterocycles. The molecule has 1 aliphatic rings. The van der Waals surface area contributed by atoms with Crippen LogP contribution in [0, 0.1) is 0 Å². The second-order valence-electron chi connectivity index (χ2n) is 4.48. The van der Waals surface area contributed by atoms with Crippen molar-refractivity contribution in [3.05, 3.63) is 4.60 Å². The van der Waals surface area contributed by atoms with E-state index in [4.69, 9.17) is 4.74 Å². The summed E-state index contributed by atoms with van der Waals surface area (Å²) in [5, 5.41) is 7.32. The molecule has 0 atom stereocenters. The van der Waals surface area contributed by atoms with Gasteiger partial charge in [-0.25, -0.2) is 17.8 Å². The minimum atomic E-state index is -3.61. The summed E-state index contributed by atoms with van der Waals surface area (Å²) in [5.41, 5.74) is 0. The first-order chi connectivity index (χ1) is 9.00. The van der Waals surface area contributed by atoms with E-state index in [1.807, 2.05) is 0 Å². The molecule has 0 radical (unpaired) electrons. The van der Waals surface area contributed by atoms with E-state index in [0.717, 1.165) is 12.8 Å². The molecule has 0 aromatic carbocycles. The van der Waals surface area contributed by atoms with Crippen molar-refractivity contribution in [3.8, 4) is 0 Å². The Labute approximate surface area is 120 Å². The predicted molar refractivity (Wildman–Crippen MR) is 72.1 cm³/mol. The second-order valence-corrected chi connectivity index (χ2v) is 6.92. The SMILES string of the molecule is Cn1nnc(Br)c1S(=O)(=O)NCCOC1CCCC1. The number of nitrogens with one attached hydrogen (secondary N) is 1. The maximum Gasteiger partial charge on any atom is 0.260 e. The van der Waals surface area contributed by atoms with Crippen molar-refractivity contribution in [2.75, 3.05) is 13.2 Å². The summed E-state index contributed by atoms with van der Waals surface area (Å²) in [6.45, 7) is 0.628. The first kappa shape index (κ1) is 14.9. The quantitative estimate of drug-likeness (QED) is 0.765. The fraction of sp³-hybridized carbons (Fsp3) is 0.800. The molecule has 1 aromatic heterocycles. The van der Waals surface area contributed by atoms with Crippen LogP contribution < -0.4 is 4.72 Å². The fourth-order valence-corrected chi connectivity index (χ4v) is 4.24. The number of aromatic nitrogens is 3. The molecular weight excluding hydrogens is 336 g/mol. The summed E-state index contributed by atoms with van der Waals surface area (Å²) >= 11 is 3.07. The Morgan fingerprint density at radius 2 is 2.16 bits per heavy atom. The summed E-state index contributed by atoms with van der Waals surface area (Å²) in [4.78, 5) is 0. The highest BCUT2D eigenvalue weighted by Gasteiger charge is 2.23. The standard InChI is InChI=1S/C10H17BrN4O3S/c1-15-10(9(11)13-14-15)19(16,17)12-6-7-18-8-4-2-3-5-8/h8,12H,2-7H2,1H3. The Morgan fingerprint density at radius 3 is 2.74 bits per heavy atom. The molecule has 1 aromatic rings. The highest BCUT2D eigenvalue weighted by atomic mass is 79.9. The zero-order chi connectivity index (χ0) is 13.9. The van der Waals surface area contributed by atoms with Crippen LogP contribution in [0.3, 0.4) is 0 Å². The molecule has 2 rings (SSSR count). The normalized spacial score (nSPS) is 17.2. The van der Waals surface area contributed by atoms with Crippen molar-refractivity contribution in [1.29, 1.82) is 0 Å². The van der Waals surface area contributed by atoms with E-state index in [1.54, 1.807) is 0 Å². The third-order valence-electron chi connectivity index (χ3n) is 3.04. The van der Waals surface area contributed by atoms with E-state index in [1.165, 1.54) is 24.6 Å². The summed E-state index contributed by atoms with van der Waals surface area (Å²) in [7, 11) is -2.08. The Kier molecular flexibility index (Phi) is 4.93. The predicted octanol–water partition coefficient (Wildman–Crippen LogP) is 0.815. The van der Waals surface area contributed by atoms with Gasteiger partial charge < -0.3 is 4.74 Å². The van der Waals surface area contributed by atoms with Gasteiger partial charge in [0.1, 0.15) is 0 Å². The molecule has 0 aliphatic heterocycles. The van der Waals surface area contributed by atoms with Gasteiger partial charge in [-0.1, -0.05) is 18.1 Å². The van der Waals surface area contributed by atoms with E-state index in [-0.39, 0.29) is 22.3 Å². The van der Waals surface area contributed by atoms with Crippen LogP contribution in [-0.2, 0) is 21.8 Å². The molecule has 1 saturated carbocycles. The zero-order valence-corrected chi connectivity index (χ0v) is 13.1.